The fourth-order valence-electron chi connectivity index (χ4n) is 1.71. The van der Waals surface area contributed by atoms with Gasteiger partial charge in [0.25, 0.3) is 0 Å². The Labute approximate surface area is 105 Å². The predicted molar refractivity (Wildman–Crippen MR) is 66.7 cm³/mol. The number of carbonyl (C=O) groups is 1. The van der Waals surface area contributed by atoms with Crippen LogP contribution in [0.2, 0.25) is 0 Å². The first-order valence-corrected chi connectivity index (χ1v) is 5.74. The zero-order valence-electron chi connectivity index (χ0n) is 10.6. The Hall–Kier alpha value is -2.17. The zero-order chi connectivity index (χ0) is 13.1. The van der Waals surface area contributed by atoms with E-state index in [1.807, 2.05) is 31.2 Å². The molecule has 1 heterocycles. The van der Waals surface area contributed by atoms with Crippen LogP contribution in [0.3, 0.4) is 0 Å². The Balaban J connectivity index is 2.26. The molecule has 5 heteroatoms. The standard InChI is InChI=1S/C13H15N3O2/c1-8-6-4-5-7-11(8)12-15-13(18-16-12)9(2)14-10(3)17/h4-7,9H,1-3H3,(H,14,17)/t9-/m1/s1. The quantitative estimate of drug-likeness (QED) is 0.900. The Bertz CT molecular complexity index is 563. The van der Waals surface area contributed by atoms with Crippen LogP contribution in [0.4, 0.5) is 0 Å². The summed E-state index contributed by atoms with van der Waals surface area (Å²) in [5.41, 5.74) is 2.01. The Morgan fingerprint density at radius 3 is 2.78 bits per heavy atom. The molecule has 0 aliphatic heterocycles. The maximum atomic E-state index is 11.0. The van der Waals surface area contributed by atoms with E-state index in [0.29, 0.717) is 11.7 Å². The smallest absolute Gasteiger partial charge is 0.249 e. The molecule has 94 valence electrons. The lowest BCUT2D eigenvalue weighted by Gasteiger charge is -2.05. The summed E-state index contributed by atoms with van der Waals surface area (Å²) in [6.45, 7) is 5.24. The third-order valence-corrected chi connectivity index (χ3v) is 2.62. The van der Waals surface area contributed by atoms with Gasteiger partial charge in [0.1, 0.15) is 6.04 Å². The van der Waals surface area contributed by atoms with E-state index >= 15 is 0 Å². The number of hydrogen-bond acceptors (Lipinski definition) is 4. The van der Waals surface area contributed by atoms with Crippen LogP contribution >= 0.6 is 0 Å². The number of carbonyl (C=O) groups excluding carboxylic acids is 1. The third-order valence-electron chi connectivity index (χ3n) is 2.62. The third kappa shape index (κ3) is 2.56. The monoisotopic (exact) mass is 245 g/mol. The van der Waals surface area contributed by atoms with Crippen LogP contribution in [0.15, 0.2) is 28.8 Å². The Morgan fingerprint density at radius 1 is 1.39 bits per heavy atom. The van der Waals surface area contributed by atoms with Gasteiger partial charge in [0, 0.05) is 12.5 Å². The second-order valence-electron chi connectivity index (χ2n) is 4.19. The van der Waals surface area contributed by atoms with E-state index in [1.165, 1.54) is 6.92 Å². The van der Waals surface area contributed by atoms with Gasteiger partial charge in [-0.15, -0.1) is 0 Å². The van der Waals surface area contributed by atoms with Gasteiger partial charge >= 0.3 is 0 Å². The summed E-state index contributed by atoms with van der Waals surface area (Å²) in [7, 11) is 0. The summed E-state index contributed by atoms with van der Waals surface area (Å²) in [4.78, 5) is 15.3. The molecule has 0 aliphatic rings. The number of hydrogen-bond donors (Lipinski definition) is 1. The van der Waals surface area contributed by atoms with Gasteiger partial charge < -0.3 is 9.84 Å². The topological polar surface area (TPSA) is 68.0 Å². The highest BCUT2D eigenvalue weighted by Gasteiger charge is 2.16. The normalized spacial score (nSPS) is 12.2. The van der Waals surface area contributed by atoms with Gasteiger partial charge in [0.05, 0.1) is 0 Å². The SMILES string of the molecule is CC(=O)N[C@H](C)c1nc(-c2ccccc2C)no1. The first kappa shape index (κ1) is 12.3. The molecule has 1 aromatic carbocycles. The van der Waals surface area contributed by atoms with E-state index in [4.69, 9.17) is 4.52 Å². The van der Waals surface area contributed by atoms with Crippen LogP contribution in [0.25, 0.3) is 11.4 Å². The molecule has 1 amide bonds. The van der Waals surface area contributed by atoms with Crippen LogP contribution in [-0.4, -0.2) is 16.0 Å². The molecule has 0 saturated heterocycles. The first-order valence-electron chi connectivity index (χ1n) is 5.74. The lowest BCUT2D eigenvalue weighted by molar-refractivity contribution is -0.119. The molecule has 1 aromatic heterocycles. The number of amides is 1. The molecule has 0 radical (unpaired) electrons. The second kappa shape index (κ2) is 5.00. The maximum absolute atomic E-state index is 11.0. The van der Waals surface area contributed by atoms with E-state index in [2.05, 4.69) is 15.5 Å². The van der Waals surface area contributed by atoms with Crippen LogP contribution in [-0.2, 0) is 4.79 Å². The van der Waals surface area contributed by atoms with Crippen molar-refractivity contribution in [2.45, 2.75) is 26.8 Å². The van der Waals surface area contributed by atoms with Crippen molar-refractivity contribution in [2.75, 3.05) is 0 Å². The molecular formula is C13H15N3O2. The molecule has 2 rings (SSSR count). The zero-order valence-corrected chi connectivity index (χ0v) is 10.6. The van der Waals surface area contributed by atoms with Gasteiger partial charge in [-0.05, 0) is 19.4 Å². The highest BCUT2D eigenvalue weighted by molar-refractivity contribution is 5.73. The highest BCUT2D eigenvalue weighted by atomic mass is 16.5. The molecular weight excluding hydrogens is 230 g/mol. The van der Waals surface area contributed by atoms with Crippen LogP contribution in [0.5, 0.6) is 0 Å². The molecule has 1 N–H and O–H groups in total. The average Bonchev–Trinajstić information content (AvgIpc) is 2.78. The van der Waals surface area contributed by atoms with Crippen LogP contribution in [0, 0.1) is 6.92 Å². The van der Waals surface area contributed by atoms with Gasteiger partial charge in [-0.25, -0.2) is 0 Å². The molecule has 0 spiro atoms. The molecule has 0 aliphatic carbocycles. The molecule has 1 atom stereocenters. The summed E-state index contributed by atoms with van der Waals surface area (Å²) >= 11 is 0. The molecule has 18 heavy (non-hydrogen) atoms. The molecule has 0 saturated carbocycles. The summed E-state index contributed by atoms with van der Waals surface area (Å²) in [6.07, 6.45) is 0. The average molecular weight is 245 g/mol. The fourth-order valence-corrected chi connectivity index (χ4v) is 1.71. The van der Waals surface area contributed by atoms with Crippen molar-refractivity contribution in [3.63, 3.8) is 0 Å². The van der Waals surface area contributed by atoms with Gasteiger partial charge in [0.15, 0.2) is 0 Å². The summed E-state index contributed by atoms with van der Waals surface area (Å²) in [5.74, 6) is 0.821. The van der Waals surface area contributed by atoms with E-state index < -0.39 is 0 Å². The van der Waals surface area contributed by atoms with E-state index in [0.717, 1.165) is 11.1 Å². The van der Waals surface area contributed by atoms with Gasteiger partial charge in [-0.1, -0.05) is 29.4 Å². The van der Waals surface area contributed by atoms with E-state index in [9.17, 15) is 4.79 Å². The number of aryl methyl sites for hydroxylation is 1. The highest BCUT2D eigenvalue weighted by Crippen LogP contribution is 2.21. The minimum absolute atomic E-state index is 0.127. The molecule has 0 unspecified atom stereocenters. The molecule has 0 fully saturated rings. The van der Waals surface area contributed by atoms with Crippen LogP contribution in [0.1, 0.15) is 31.3 Å². The molecule has 0 bridgehead atoms. The number of aromatic nitrogens is 2. The van der Waals surface area contributed by atoms with Crippen molar-refractivity contribution in [1.29, 1.82) is 0 Å². The number of rotatable bonds is 3. The Kier molecular flexibility index (Phi) is 3.41. The number of nitrogens with zero attached hydrogens (tertiary/aromatic N) is 2. The number of nitrogens with one attached hydrogen (secondary N) is 1. The summed E-state index contributed by atoms with van der Waals surface area (Å²) in [5, 5.41) is 6.64. The van der Waals surface area contributed by atoms with Crippen molar-refractivity contribution in [2.24, 2.45) is 0 Å². The molecule has 2 aromatic rings. The summed E-state index contributed by atoms with van der Waals surface area (Å²) < 4.78 is 5.16. The van der Waals surface area contributed by atoms with Crippen molar-refractivity contribution in [1.82, 2.24) is 15.5 Å². The van der Waals surface area contributed by atoms with Crippen molar-refractivity contribution >= 4 is 5.91 Å². The van der Waals surface area contributed by atoms with Crippen molar-refractivity contribution in [3.8, 4) is 11.4 Å². The lowest BCUT2D eigenvalue weighted by Crippen LogP contribution is -2.23. The number of benzene rings is 1. The van der Waals surface area contributed by atoms with Crippen molar-refractivity contribution < 1.29 is 9.32 Å². The first-order chi connectivity index (χ1) is 8.58. The van der Waals surface area contributed by atoms with E-state index in [1.54, 1.807) is 6.92 Å². The summed E-state index contributed by atoms with van der Waals surface area (Å²) in [6, 6.07) is 7.53. The Morgan fingerprint density at radius 2 is 2.11 bits per heavy atom. The largest absolute Gasteiger partial charge is 0.345 e. The maximum Gasteiger partial charge on any atom is 0.249 e. The minimum atomic E-state index is -0.284. The molecule has 5 nitrogen and oxygen atoms in total. The lowest BCUT2D eigenvalue weighted by atomic mass is 10.1. The second-order valence-corrected chi connectivity index (χ2v) is 4.19. The van der Waals surface area contributed by atoms with E-state index in [-0.39, 0.29) is 11.9 Å². The van der Waals surface area contributed by atoms with Gasteiger partial charge in [-0.2, -0.15) is 4.98 Å². The van der Waals surface area contributed by atoms with Crippen LogP contribution < -0.4 is 5.32 Å². The van der Waals surface area contributed by atoms with Gasteiger partial charge in [-0.3, -0.25) is 4.79 Å². The van der Waals surface area contributed by atoms with Gasteiger partial charge in [0.2, 0.25) is 17.6 Å². The fraction of sp³-hybridized carbons (Fsp3) is 0.308. The predicted octanol–water partition coefficient (Wildman–Crippen LogP) is 2.24. The van der Waals surface area contributed by atoms with Crippen molar-refractivity contribution in [3.05, 3.63) is 35.7 Å². The minimum Gasteiger partial charge on any atom is -0.345 e.